The van der Waals surface area contributed by atoms with Gasteiger partial charge in [-0.15, -0.1) is 0 Å². The number of carboxylic acid groups (broad SMARTS) is 1. The molecule has 88 valence electrons. The highest BCUT2D eigenvalue weighted by Gasteiger charge is 2.12. The molecular formula is C11H17N3O2. The summed E-state index contributed by atoms with van der Waals surface area (Å²) in [4.78, 5) is 21.2. The van der Waals surface area contributed by atoms with E-state index in [-0.39, 0.29) is 5.56 Å². The number of nitrogens with zero attached hydrogens (tertiary/aromatic N) is 3. The number of aromatic nitrogens is 2. The minimum atomic E-state index is -0.958. The number of aryl methyl sites for hydroxylation is 1. The van der Waals surface area contributed by atoms with Crippen molar-refractivity contribution in [1.82, 2.24) is 14.9 Å². The largest absolute Gasteiger partial charge is 0.478 e. The van der Waals surface area contributed by atoms with E-state index in [4.69, 9.17) is 5.11 Å². The van der Waals surface area contributed by atoms with Crippen LogP contribution < -0.4 is 0 Å². The normalized spacial score (nSPS) is 10.8. The third kappa shape index (κ3) is 3.27. The van der Waals surface area contributed by atoms with Crippen molar-refractivity contribution in [2.45, 2.75) is 26.3 Å². The molecule has 1 heterocycles. The van der Waals surface area contributed by atoms with E-state index in [1.165, 1.54) is 6.20 Å². The molecule has 0 atom stereocenters. The van der Waals surface area contributed by atoms with E-state index in [1.807, 2.05) is 25.9 Å². The molecule has 0 amide bonds. The van der Waals surface area contributed by atoms with Crippen LogP contribution in [0, 0.1) is 0 Å². The summed E-state index contributed by atoms with van der Waals surface area (Å²) < 4.78 is 0. The van der Waals surface area contributed by atoms with Gasteiger partial charge in [-0.25, -0.2) is 14.8 Å². The summed E-state index contributed by atoms with van der Waals surface area (Å²) in [6.07, 6.45) is 2.95. The fourth-order valence-electron chi connectivity index (χ4n) is 1.42. The van der Waals surface area contributed by atoms with Gasteiger partial charge in [0, 0.05) is 6.20 Å². The molecule has 0 saturated carbocycles. The van der Waals surface area contributed by atoms with Crippen molar-refractivity contribution in [3.8, 4) is 0 Å². The van der Waals surface area contributed by atoms with E-state index >= 15 is 0 Å². The molecule has 1 aromatic heterocycles. The maximum atomic E-state index is 10.9. The predicted molar refractivity (Wildman–Crippen MR) is 60.4 cm³/mol. The summed E-state index contributed by atoms with van der Waals surface area (Å²) in [7, 11) is 3.85. The second-order valence-electron chi connectivity index (χ2n) is 3.94. The fraction of sp³-hybridized carbons (Fsp3) is 0.545. The lowest BCUT2D eigenvalue weighted by molar-refractivity contribution is 0.0694. The van der Waals surface area contributed by atoms with Gasteiger partial charge in [-0.05, 0) is 20.5 Å². The predicted octanol–water partition coefficient (Wildman–Crippen LogP) is 1.19. The van der Waals surface area contributed by atoms with Crippen LogP contribution in [0.5, 0.6) is 0 Å². The maximum Gasteiger partial charge on any atom is 0.339 e. The summed E-state index contributed by atoms with van der Waals surface area (Å²) in [5, 5.41) is 8.97. The van der Waals surface area contributed by atoms with Crippen molar-refractivity contribution in [3.63, 3.8) is 0 Å². The summed E-state index contributed by atoms with van der Waals surface area (Å²) in [6, 6.07) is 0. The Kier molecular flexibility index (Phi) is 4.37. The minimum Gasteiger partial charge on any atom is -0.478 e. The molecule has 5 heteroatoms. The molecule has 16 heavy (non-hydrogen) atoms. The van der Waals surface area contributed by atoms with Gasteiger partial charge in [-0.1, -0.05) is 13.3 Å². The molecule has 0 saturated heterocycles. The molecule has 0 aliphatic rings. The van der Waals surface area contributed by atoms with E-state index in [0.29, 0.717) is 24.5 Å². The molecule has 0 spiro atoms. The average Bonchev–Trinajstić information content (AvgIpc) is 2.17. The summed E-state index contributed by atoms with van der Waals surface area (Å²) in [5.41, 5.74) is 0.839. The van der Waals surface area contributed by atoms with Gasteiger partial charge in [0.25, 0.3) is 0 Å². The molecular weight excluding hydrogens is 206 g/mol. The topological polar surface area (TPSA) is 66.3 Å². The maximum absolute atomic E-state index is 10.9. The van der Waals surface area contributed by atoms with Gasteiger partial charge in [-0.2, -0.15) is 0 Å². The highest BCUT2D eigenvalue weighted by Crippen LogP contribution is 2.09. The summed E-state index contributed by atoms with van der Waals surface area (Å²) in [6.45, 7) is 2.62. The van der Waals surface area contributed by atoms with Crippen molar-refractivity contribution >= 4 is 5.97 Å². The van der Waals surface area contributed by atoms with Crippen LogP contribution in [0.2, 0.25) is 0 Å². The molecule has 1 aromatic rings. The van der Waals surface area contributed by atoms with Gasteiger partial charge in [0.05, 0.1) is 17.8 Å². The van der Waals surface area contributed by atoms with Crippen LogP contribution >= 0.6 is 0 Å². The van der Waals surface area contributed by atoms with Crippen LogP contribution in [0.25, 0.3) is 0 Å². The molecule has 1 N–H and O–H groups in total. The van der Waals surface area contributed by atoms with Crippen LogP contribution in [-0.4, -0.2) is 40.0 Å². The first kappa shape index (κ1) is 12.6. The average molecular weight is 223 g/mol. The molecule has 0 aliphatic carbocycles. The number of carboxylic acids is 1. The van der Waals surface area contributed by atoms with Crippen molar-refractivity contribution < 1.29 is 9.90 Å². The Bertz CT molecular complexity index is 377. The zero-order valence-corrected chi connectivity index (χ0v) is 9.90. The van der Waals surface area contributed by atoms with Crippen molar-refractivity contribution in [2.24, 2.45) is 0 Å². The summed E-state index contributed by atoms with van der Waals surface area (Å²) >= 11 is 0. The molecule has 5 nitrogen and oxygen atoms in total. The Hall–Kier alpha value is -1.49. The van der Waals surface area contributed by atoms with Gasteiger partial charge in [0.15, 0.2) is 0 Å². The third-order valence-electron chi connectivity index (χ3n) is 2.09. The Balaban J connectivity index is 3.02. The first-order valence-electron chi connectivity index (χ1n) is 5.27. The Morgan fingerprint density at radius 1 is 1.50 bits per heavy atom. The highest BCUT2D eigenvalue weighted by atomic mass is 16.4. The second kappa shape index (κ2) is 5.55. The van der Waals surface area contributed by atoms with Gasteiger partial charge in [0.2, 0.25) is 0 Å². The quantitative estimate of drug-likeness (QED) is 0.812. The Morgan fingerprint density at radius 2 is 2.19 bits per heavy atom. The van der Waals surface area contributed by atoms with E-state index < -0.39 is 5.97 Å². The molecule has 0 aliphatic heterocycles. The fourth-order valence-corrected chi connectivity index (χ4v) is 1.42. The third-order valence-corrected chi connectivity index (χ3v) is 2.09. The van der Waals surface area contributed by atoms with E-state index in [2.05, 4.69) is 9.97 Å². The first-order chi connectivity index (χ1) is 7.54. The lowest BCUT2D eigenvalue weighted by Gasteiger charge is -2.10. The number of hydrogen-bond donors (Lipinski definition) is 1. The molecule has 0 aromatic carbocycles. The van der Waals surface area contributed by atoms with Crippen LogP contribution in [-0.2, 0) is 13.0 Å². The Labute approximate surface area is 95.1 Å². The SMILES string of the molecule is CCCc1nc(CN(C)C)ncc1C(=O)O. The van der Waals surface area contributed by atoms with Gasteiger partial charge in [-0.3, -0.25) is 0 Å². The van der Waals surface area contributed by atoms with E-state index in [0.717, 1.165) is 6.42 Å². The van der Waals surface area contributed by atoms with Gasteiger partial charge in [0.1, 0.15) is 5.82 Å². The molecule has 0 unspecified atom stereocenters. The van der Waals surface area contributed by atoms with Crippen LogP contribution in [0.3, 0.4) is 0 Å². The summed E-state index contributed by atoms with van der Waals surface area (Å²) in [5.74, 6) is -0.293. The van der Waals surface area contributed by atoms with E-state index in [1.54, 1.807) is 0 Å². The molecule has 0 radical (unpaired) electrons. The lowest BCUT2D eigenvalue weighted by atomic mass is 10.1. The highest BCUT2D eigenvalue weighted by molar-refractivity contribution is 5.88. The van der Waals surface area contributed by atoms with Crippen LogP contribution in [0.15, 0.2) is 6.20 Å². The zero-order valence-electron chi connectivity index (χ0n) is 9.90. The van der Waals surface area contributed by atoms with Gasteiger partial charge < -0.3 is 10.0 Å². The number of hydrogen-bond acceptors (Lipinski definition) is 4. The van der Waals surface area contributed by atoms with Crippen molar-refractivity contribution in [3.05, 3.63) is 23.3 Å². The zero-order chi connectivity index (χ0) is 12.1. The lowest BCUT2D eigenvalue weighted by Crippen LogP contribution is -2.16. The smallest absolute Gasteiger partial charge is 0.339 e. The second-order valence-corrected chi connectivity index (χ2v) is 3.94. The van der Waals surface area contributed by atoms with E-state index in [9.17, 15) is 4.79 Å². The van der Waals surface area contributed by atoms with Gasteiger partial charge >= 0.3 is 5.97 Å². The number of rotatable bonds is 5. The molecule has 1 rings (SSSR count). The molecule has 0 fully saturated rings. The van der Waals surface area contributed by atoms with Crippen molar-refractivity contribution in [1.29, 1.82) is 0 Å². The number of aromatic carboxylic acids is 1. The van der Waals surface area contributed by atoms with Crippen LogP contribution in [0.4, 0.5) is 0 Å². The minimum absolute atomic E-state index is 0.212. The monoisotopic (exact) mass is 223 g/mol. The first-order valence-corrected chi connectivity index (χ1v) is 5.27. The standard InChI is InChI=1S/C11H17N3O2/c1-4-5-9-8(11(15)16)6-12-10(13-9)7-14(2)3/h6H,4-5,7H2,1-3H3,(H,15,16). The van der Waals surface area contributed by atoms with Crippen LogP contribution in [0.1, 0.15) is 35.2 Å². The van der Waals surface area contributed by atoms with Crippen molar-refractivity contribution in [2.75, 3.05) is 14.1 Å². The Morgan fingerprint density at radius 3 is 2.69 bits per heavy atom. The number of carbonyl (C=O) groups is 1. The molecule has 0 bridgehead atoms.